The topological polar surface area (TPSA) is 63.2 Å². The van der Waals surface area contributed by atoms with Crippen LogP contribution in [0.1, 0.15) is 16.7 Å². The summed E-state index contributed by atoms with van der Waals surface area (Å²) < 4.78 is 7.30. The van der Waals surface area contributed by atoms with E-state index in [2.05, 4.69) is 16.2 Å². The van der Waals surface area contributed by atoms with Crippen molar-refractivity contribution in [2.75, 3.05) is 6.61 Å². The minimum atomic E-state index is 0.467. The molecule has 0 saturated carbocycles. The number of nitrogens with zero attached hydrogens (tertiary/aromatic N) is 4. The molecule has 6 heteroatoms. The second-order valence-corrected chi connectivity index (χ2v) is 5.34. The molecule has 2 aromatic heterocycles. The highest BCUT2D eigenvalue weighted by molar-refractivity contribution is 6.32. The van der Waals surface area contributed by atoms with Gasteiger partial charge in [-0.2, -0.15) is 10.4 Å². The Hall–Kier alpha value is -2.58. The van der Waals surface area contributed by atoms with Crippen molar-refractivity contribution in [2.45, 2.75) is 13.3 Å². The Bertz CT molecular complexity index is 866. The average molecular weight is 313 g/mol. The largest absolute Gasteiger partial charge is 0.492 e. The van der Waals surface area contributed by atoms with Crippen LogP contribution in [0.15, 0.2) is 36.8 Å². The predicted octanol–water partition coefficient (Wildman–Crippen LogP) is 3.18. The monoisotopic (exact) mass is 312 g/mol. The van der Waals surface area contributed by atoms with Gasteiger partial charge in [0.15, 0.2) is 5.65 Å². The minimum absolute atomic E-state index is 0.467. The molecular weight excluding hydrogens is 300 g/mol. The molecule has 0 aliphatic heterocycles. The maximum Gasteiger partial charge on any atom is 0.172 e. The van der Waals surface area contributed by atoms with Gasteiger partial charge in [0.05, 0.1) is 17.8 Å². The molecule has 0 spiro atoms. The molecule has 0 unspecified atom stereocenters. The average Bonchev–Trinajstić information content (AvgIpc) is 2.92. The Morgan fingerprint density at radius 3 is 3.00 bits per heavy atom. The predicted molar refractivity (Wildman–Crippen MR) is 83.1 cm³/mol. The molecule has 0 atom stereocenters. The number of hydrogen-bond donors (Lipinski definition) is 0. The number of halogens is 1. The van der Waals surface area contributed by atoms with Crippen molar-refractivity contribution in [1.29, 1.82) is 5.26 Å². The minimum Gasteiger partial charge on any atom is -0.492 e. The Kier molecular flexibility index (Phi) is 3.94. The third kappa shape index (κ3) is 2.87. The van der Waals surface area contributed by atoms with Crippen molar-refractivity contribution in [1.82, 2.24) is 14.6 Å². The summed E-state index contributed by atoms with van der Waals surface area (Å²) in [4.78, 5) is 4.26. The SMILES string of the molecule is Cc1ccc(OCCc2cnc3c(C#N)cnn3c2)c(Cl)c1. The molecule has 0 aliphatic carbocycles. The molecule has 22 heavy (non-hydrogen) atoms. The number of hydrogen-bond acceptors (Lipinski definition) is 4. The quantitative estimate of drug-likeness (QED) is 0.742. The van der Waals surface area contributed by atoms with Gasteiger partial charge in [0.1, 0.15) is 17.4 Å². The molecule has 0 fully saturated rings. The van der Waals surface area contributed by atoms with E-state index in [0.717, 1.165) is 11.1 Å². The van der Waals surface area contributed by atoms with Crippen LogP contribution in [-0.2, 0) is 6.42 Å². The smallest absolute Gasteiger partial charge is 0.172 e. The van der Waals surface area contributed by atoms with Crippen LogP contribution in [0.25, 0.3) is 5.65 Å². The lowest BCUT2D eigenvalue weighted by Crippen LogP contribution is -2.04. The van der Waals surface area contributed by atoms with Crippen molar-refractivity contribution in [2.24, 2.45) is 0 Å². The Morgan fingerprint density at radius 1 is 1.36 bits per heavy atom. The van der Waals surface area contributed by atoms with Crippen molar-refractivity contribution in [3.8, 4) is 11.8 Å². The fourth-order valence-corrected chi connectivity index (χ4v) is 2.41. The zero-order valence-electron chi connectivity index (χ0n) is 12.0. The van der Waals surface area contributed by atoms with Gasteiger partial charge in [-0.05, 0) is 30.2 Å². The van der Waals surface area contributed by atoms with Crippen molar-refractivity contribution >= 4 is 17.2 Å². The molecule has 5 nitrogen and oxygen atoms in total. The number of aryl methyl sites for hydroxylation is 1. The van der Waals surface area contributed by atoms with E-state index in [1.165, 1.54) is 6.20 Å². The standard InChI is InChI=1S/C16H13ClN4O/c1-11-2-3-15(14(17)6-11)22-5-4-12-8-19-16-13(7-18)9-20-21(16)10-12/h2-3,6,8-10H,4-5H2,1H3. The fourth-order valence-electron chi connectivity index (χ4n) is 2.12. The first-order valence-corrected chi connectivity index (χ1v) is 7.16. The first-order chi connectivity index (χ1) is 10.7. The van der Waals surface area contributed by atoms with Gasteiger partial charge in [-0.25, -0.2) is 9.50 Å². The molecule has 2 heterocycles. The van der Waals surface area contributed by atoms with Crippen LogP contribution in [0.2, 0.25) is 5.02 Å². The van der Waals surface area contributed by atoms with Crippen LogP contribution in [-0.4, -0.2) is 21.2 Å². The summed E-state index contributed by atoms with van der Waals surface area (Å²) >= 11 is 6.13. The van der Waals surface area contributed by atoms with Crippen LogP contribution in [0.3, 0.4) is 0 Å². The van der Waals surface area contributed by atoms with Gasteiger partial charge in [-0.1, -0.05) is 17.7 Å². The summed E-state index contributed by atoms with van der Waals surface area (Å²) in [7, 11) is 0. The number of fused-ring (bicyclic) bond motifs is 1. The summed E-state index contributed by atoms with van der Waals surface area (Å²) in [5.41, 5.74) is 3.10. The van der Waals surface area contributed by atoms with Crippen molar-refractivity contribution in [3.63, 3.8) is 0 Å². The second-order valence-electron chi connectivity index (χ2n) is 4.93. The summed E-state index contributed by atoms with van der Waals surface area (Å²) in [6.07, 6.45) is 5.77. The lowest BCUT2D eigenvalue weighted by Gasteiger charge is -2.08. The summed E-state index contributed by atoms with van der Waals surface area (Å²) in [6.45, 7) is 2.47. The van der Waals surface area contributed by atoms with Gasteiger partial charge in [-0.3, -0.25) is 0 Å². The molecule has 0 amide bonds. The van der Waals surface area contributed by atoms with E-state index in [-0.39, 0.29) is 0 Å². The molecule has 0 saturated heterocycles. The molecule has 0 bridgehead atoms. The molecule has 3 aromatic rings. The number of benzene rings is 1. The lowest BCUT2D eigenvalue weighted by atomic mass is 10.2. The maximum absolute atomic E-state index is 8.93. The second kappa shape index (κ2) is 6.04. The van der Waals surface area contributed by atoms with E-state index in [1.54, 1.807) is 10.7 Å². The number of rotatable bonds is 4. The van der Waals surface area contributed by atoms with Gasteiger partial charge in [0, 0.05) is 18.8 Å². The first kappa shape index (κ1) is 14.4. The number of ether oxygens (including phenoxy) is 1. The van der Waals surface area contributed by atoms with Crippen LogP contribution in [0.4, 0.5) is 0 Å². The Morgan fingerprint density at radius 2 is 2.23 bits per heavy atom. The zero-order valence-corrected chi connectivity index (χ0v) is 12.7. The van der Waals surface area contributed by atoms with Crippen molar-refractivity contribution < 1.29 is 4.74 Å². The van der Waals surface area contributed by atoms with Crippen LogP contribution >= 0.6 is 11.6 Å². The summed E-state index contributed by atoms with van der Waals surface area (Å²) in [5, 5.41) is 13.7. The van der Waals surface area contributed by atoms with Gasteiger partial charge in [0.25, 0.3) is 0 Å². The van der Waals surface area contributed by atoms with Crippen LogP contribution in [0, 0.1) is 18.3 Å². The molecule has 0 radical (unpaired) electrons. The van der Waals surface area contributed by atoms with Crippen molar-refractivity contribution in [3.05, 3.63) is 58.5 Å². The van der Waals surface area contributed by atoms with E-state index in [4.69, 9.17) is 21.6 Å². The normalized spacial score (nSPS) is 10.6. The highest BCUT2D eigenvalue weighted by Crippen LogP contribution is 2.25. The number of nitriles is 1. The zero-order chi connectivity index (χ0) is 15.5. The van der Waals surface area contributed by atoms with Gasteiger partial charge in [0.2, 0.25) is 0 Å². The van der Waals surface area contributed by atoms with E-state index < -0.39 is 0 Å². The Labute approximate surface area is 132 Å². The maximum atomic E-state index is 8.93. The van der Waals surface area contributed by atoms with E-state index in [0.29, 0.717) is 35.0 Å². The van der Waals surface area contributed by atoms with E-state index >= 15 is 0 Å². The van der Waals surface area contributed by atoms with E-state index in [1.807, 2.05) is 31.3 Å². The van der Waals surface area contributed by atoms with Crippen LogP contribution in [0.5, 0.6) is 5.75 Å². The molecule has 3 rings (SSSR count). The number of aromatic nitrogens is 3. The first-order valence-electron chi connectivity index (χ1n) is 6.78. The molecule has 110 valence electrons. The third-order valence-electron chi connectivity index (χ3n) is 3.27. The molecule has 0 N–H and O–H groups in total. The fraction of sp³-hybridized carbons (Fsp3) is 0.188. The third-order valence-corrected chi connectivity index (χ3v) is 3.56. The lowest BCUT2D eigenvalue weighted by molar-refractivity contribution is 0.321. The summed E-state index contributed by atoms with van der Waals surface area (Å²) in [6, 6.07) is 7.76. The van der Waals surface area contributed by atoms with E-state index in [9.17, 15) is 0 Å². The van der Waals surface area contributed by atoms with Gasteiger partial charge in [-0.15, -0.1) is 0 Å². The molecular formula is C16H13ClN4O. The van der Waals surface area contributed by atoms with Gasteiger partial charge >= 0.3 is 0 Å². The molecule has 1 aromatic carbocycles. The molecule has 0 aliphatic rings. The highest BCUT2D eigenvalue weighted by Gasteiger charge is 2.06. The summed E-state index contributed by atoms with van der Waals surface area (Å²) in [5.74, 6) is 0.673. The highest BCUT2D eigenvalue weighted by atomic mass is 35.5. The van der Waals surface area contributed by atoms with Gasteiger partial charge < -0.3 is 4.74 Å². The van der Waals surface area contributed by atoms with Crippen LogP contribution < -0.4 is 4.74 Å². The Balaban J connectivity index is 1.68.